The summed E-state index contributed by atoms with van der Waals surface area (Å²) in [6, 6.07) is 1.74. The van der Waals surface area contributed by atoms with Crippen LogP contribution in [0.2, 0.25) is 0 Å². The molecule has 0 aromatic carbocycles. The van der Waals surface area contributed by atoms with Gasteiger partial charge in [0.05, 0.1) is 0 Å². The lowest BCUT2D eigenvalue weighted by atomic mass is 9.83. The van der Waals surface area contributed by atoms with Crippen LogP contribution in [0.4, 0.5) is 0 Å². The Balaban J connectivity index is 1.68. The Morgan fingerprint density at radius 3 is 1.42 bits per heavy atom. The topological polar surface area (TPSA) is 13.0 Å². The summed E-state index contributed by atoms with van der Waals surface area (Å²) >= 11 is 0. The van der Waals surface area contributed by atoms with Crippen molar-refractivity contribution in [3.05, 3.63) is 0 Å². The highest BCUT2D eigenvalue weighted by molar-refractivity contribution is 5.01. The standard InChI is InChI=1S/C8H14N4/c1-2-8-7(1)9-3-5-11(9)12-6-4-10(8)12/h7-8H,1-6H2. The zero-order chi connectivity index (χ0) is 7.71. The number of hydrazine groups is 3. The van der Waals surface area contributed by atoms with Gasteiger partial charge >= 0.3 is 0 Å². The first kappa shape index (κ1) is 6.32. The van der Waals surface area contributed by atoms with Gasteiger partial charge in [0.1, 0.15) is 0 Å². The zero-order valence-corrected chi connectivity index (χ0v) is 7.19. The van der Waals surface area contributed by atoms with Gasteiger partial charge in [-0.3, -0.25) is 0 Å². The van der Waals surface area contributed by atoms with Crippen LogP contribution in [-0.4, -0.2) is 58.5 Å². The van der Waals surface area contributed by atoms with Crippen LogP contribution < -0.4 is 0 Å². The molecular formula is C8H14N4. The molecule has 4 aliphatic rings. The third-order valence-corrected chi connectivity index (χ3v) is 3.89. The molecule has 0 aromatic rings. The lowest BCUT2D eigenvalue weighted by Crippen LogP contribution is -2.86. The molecule has 66 valence electrons. The molecule has 4 rings (SSSR count). The van der Waals surface area contributed by atoms with Gasteiger partial charge in [-0.25, -0.2) is 10.0 Å². The van der Waals surface area contributed by atoms with E-state index < -0.39 is 0 Å². The van der Waals surface area contributed by atoms with Gasteiger partial charge < -0.3 is 0 Å². The van der Waals surface area contributed by atoms with E-state index in [1.807, 2.05) is 0 Å². The highest BCUT2D eigenvalue weighted by Gasteiger charge is 2.55. The zero-order valence-electron chi connectivity index (χ0n) is 7.19. The van der Waals surface area contributed by atoms with Crippen LogP contribution in [0.25, 0.3) is 0 Å². The monoisotopic (exact) mass is 166 g/mol. The normalized spacial score (nSPS) is 48.0. The summed E-state index contributed by atoms with van der Waals surface area (Å²) in [5.41, 5.74) is 0. The van der Waals surface area contributed by atoms with Crippen LogP contribution in [0.1, 0.15) is 12.8 Å². The molecule has 0 spiro atoms. The molecule has 1 aliphatic carbocycles. The highest BCUT2D eigenvalue weighted by atomic mass is 16.1. The van der Waals surface area contributed by atoms with Gasteiger partial charge in [-0.05, 0) is 12.8 Å². The number of nitrogens with zero attached hydrogens (tertiary/aromatic N) is 4. The predicted octanol–water partition coefficient (Wildman–Crippen LogP) is -0.489. The number of fused-ring (bicyclic) bond motifs is 6. The van der Waals surface area contributed by atoms with E-state index in [1.54, 1.807) is 0 Å². The van der Waals surface area contributed by atoms with E-state index in [0.29, 0.717) is 0 Å². The van der Waals surface area contributed by atoms with Crippen molar-refractivity contribution in [3.8, 4) is 0 Å². The molecule has 0 bridgehead atoms. The second-order valence-corrected chi connectivity index (χ2v) is 4.23. The fourth-order valence-electron chi connectivity index (χ4n) is 2.94. The molecule has 0 aromatic heterocycles. The Morgan fingerprint density at radius 1 is 0.667 bits per heavy atom. The lowest BCUT2D eigenvalue weighted by molar-refractivity contribution is -0.436. The van der Waals surface area contributed by atoms with Crippen LogP contribution in [0.15, 0.2) is 0 Å². The van der Waals surface area contributed by atoms with E-state index in [2.05, 4.69) is 20.3 Å². The van der Waals surface area contributed by atoms with Crippen LogP contribution >= 0.6 is 0 Å². The number of hydrogen-bond donors (Lipinski definition) is 0. The first-order chi connectivity index (χ1) is 5.95. The summed E-state index contributed by atoms with van der Waals surface area (Å²) in [5.74, 6) is 0. The fraction of sp³-hybridized carbons (Fsp3) is 1.00. The average molecular weight is 166 g/mol. The Labute approximate surface area is 72.2 Å². The molecule has 2 unspecified atom stereocenters. The lowest BCUT2D eigenvalue weighted by Gasteiger charge is -2.70. The molecule has 12 heavy (non-hydrogen) atoms. The second-order valence-electron chi connectivity index (χ2n) is 4.23. The molecule has 4 heteroatoms. The van der Waals surface area contributed by atoms with Crippen LogP contribution in [-0.2, 0) is 0 Å². The molecular weight excluding hydrogens is 152 g/mol. The van der Waals surface area contributed by atoms with E-state index in [1.165, 1.54) is 39.0 Å². The van der Waals surface area contributed by atoms with Crippen molar-refractivity contribution >= 4 is 0 Å². The Morgan fingerprint density at radius 2 is 1.17 bits per heavy atom. The number of hydrogen-bond acceptors (Lipinski definition) is 4. The molecule has 4 fully saturated rings. The van der Waals surface area contributed by atoms with Crippen LogP contribution in [0, 0.1) is 0 Å². The molecule has 3 aliphatic heterocycles. The minimum Gasteiger partial charge on any atom is -0.221 e. The molecule has 0 radical (unpaired) electrons. The van der Waals surface area contributed by atoms with E-state index in [4.69, 9.17) is 0 Å². The SMILES string of the molecule is C1CC2C1N1CCN1N1CCN21. The quantitative estimate of drug-likeness (QED) is 0.481. The Hall–Kier alpha value is -0.160. The van der Waals surface area contributed by atoms with Gasteiger partial charge in [-0.1, -0.05) is 0 Å². The van der Waals surface area contributed by atoms with E-state index in [0.717, 1.165) is 12.1 Å². The first-order valence-electron chi connectivity index (χ1n) is 5.03. The summed E-state index contributed by atoms with van der Waals surface area (Å²) in [6.07, 6.45) is 2.84. The maximum atomic E-state index is 2.56. The van der Waals surface area contributed by atoms with Gasteiger partial charge in [0.25, 0.3) is 0 Å². The summed E-state index contributed by atoms with van der Waals surface area (Å²) in [5, 5.41) is 9.99. The van der Waals surface area contributed by atoms with Gasteiger partial charge in [0.15, 0.2) is 0 Å². The minimum atomic E-state index is 0.871. The summed E-state index contributed by atoms with van der Waals surface area (Å²) in [7, 11) is 0. The molecule has 2 atom stereocenters. The smallest absolute Gasteiger partial charge is 0.0449 e. The van der Waals surface area contributed by atoms with Crippen LogP contribution in [0.5, 0.6) is 0 Å². The van der Waals surface area contributed by atoms with Gasteiger partial charge in [0, 0.05) is 38.3 Å². The third-order valence-electron chi connectivity index (χ3n) is 3.89. The van der Waals surface area contributed by atoms with Gasteiger partial charge in [-0.15, -0.1) is 0 Å². The van der Waals surface area contributed by atoms with E-state index in [-0.39, 0.29) is 0 Å². The highest BCUT2D eigenvalue weighted by Crippen LogP contribution is 2.42. The predicted molar refractivity (Wildman–Crippen MR) is 43.6 cm³/mol. The van der Waals surface area contributed by atoms with Crippen molar-refractivity contribution in [1.29, 1.82) is 0 Å². The van der Waals surface area contributed by atoms with E-state index >= 15 is 0 Å². The molecule has 4 nitrogen and oxygen atoms in total. The summed E-state index contributed by atoms with van der Waals surface area (Å²) < 4.78 is 0. The van der Waals surface area contributed by atoms with Crippen molar-refractivity contribution in [1.82, 2.24) is 20.3 Å². The van der Waals surface area contributed by atoms with Gasteiger partial charge in [0.2, 0.25) is 0 Å². The van der Waals surface area contributed by atoms with Gasteiger partial charge in [-0.2, -0.15) is 10.2 Å². The van der Waals surface area contributed by atoms with Crippen molar-refractivity contribution in [2.24, 2.45) is 0 Å². The van der Waals surface area contributed by atoms with Crippen molar-refractivity contribution in [2.75, 3.05) is 26.2 Å². The largest absolute Gasteiger partial charge is 0.221 e. The maximum Gasteiger partial charge on any atom is 0.0449 e. The molecule has 0 amide bonds. The molecule has 0 N–H and O–H groups in total. The second kappa shape index (κ2) is 1.85. The van der Waals surface area contributed by atoms with Crippen molar-refractivity contribution in [3.63, 3.8) is 0 Å². The molecule has 1 saturated carbocycles. The van der Waals surface area contributed by atoms with E-state index in [9.17, 15) is 0 Å². The van der Waals surface area contributed by atoms with Crippen LogP contribution in [0.3, 0.4) is 0 Å². The van der Waals surface area contributed by atoms with Crippen molar-refractivity contribution < 1.29 is 0 Å². The molecule has 3 saturated heterocycles. The minimum absolute atomic E-state index is 0.871. The fourth-order valence-corrected chi connectivity index (χ4v) is 2.94. The Kier molecular flexibility index (Phi) is 0.972. The number of rotatable bonds is 0. The summed E-state index contributed by atoms with van der Waals surface area (Å²) in [6.45, 7) is 5.09. The Bertz CT molecular complexity index is 157. The molecule has 3 heterocycles. The summed E-state index contributed by atoms with van der Waals surface area (Å²) in [4.78, 5) is 0. The average Bonchev–Trinajstić information content (AvgIpc) is 1.96. The van der Waals surface area contributed by atoms with Crippen molar-refractivity contribution in [2.45, 2.75) is 24.9 Å². The third kappa shape index (κ3) is 0.510. The maximum absolute atomic E-state index is 2.56. The first-order valence-corrected chi connectivity index (χ1v) is 5.03.